The second kappa shape index (κ2) is 5.68. The zero-order chi connectivity index (χ0) is 14.7. The third-order valence-electron chi connectivity index (χ3n) is 2.87. The fourth-order valence-electron chi connectivity index (χ4n) is 1.73. The van der Waals surface area contributed by atoms with Crippen molar-refractivity contribution in [1.82, 2.24) is 15.1 Å². The van der Waals surface area contributed by atoms with Crippen molar-refractivity contribution in [3.63, 3.8) is 0 Å². The molecule has 0 radical (unpaired) electrons. The lowest BCUT2D eigenvalue weighted by atomic mass is 10.2. The third-order valence-corrected chi connectivity index (χ3v) is 2.87. The van der Waals surface area contributed by atoms with E-state index in [0.29, 0.717) is 0 Å². The quantitative estimate of drug-likeness (QED) is 0.654. The fraction of sp³-hybridized carbons (Fsp3) is 0.636. The van der Waals surface area contributed by atoms with Gasteiger partial charge in [0.05, 0.1) is 6.42 Å². The van der Waals surface area contributed by atoms with Gasteiger partial charge >= 0.3 is 12.0 Å². The summed E-state index contributed by atoms with van der Waals surface area (Å²) in [6.45, 7) is 2.86. The van der Waals surface area contributed by atoms with E-state index in [9.17, 15) is 19.2 Å². The van der Waals surface area contributed by atoms with Crippen LogP contribution in [0.5, 0.6) is 0 Å². The van der Waals surface area contributed by atoms with Crippen LogP contribution in [0.1, 0.15) is 20.3 Å². The van der Waals surface area contributed by atoms with Gasteiger partial charge in [-0.05, 0) is 13.8 Å². The van der Waals surface area contributed by atoms with E-state index in [-0.39, 0.29) is 18.4 Å². The highest BCUT2D eigenvalue weighted by Crippen LogP contribution is 2.11. The predicted octanol–water partition coefficient (Wildman–Crippen LogP) is -0.752. The zero-order valence-electron chi connectivity index (χ0n) is 11.0. The number of carbonyl (C=O) groups is 4. The third kappa shape index (κ3) is 3.43. The summed E-state index contributed by atoms with van der Waals surface area (Å²) in [5, 5.41) is 11.1. The molecule has 0 aromatic rings. The largest absolute Gasteiger partial charge is 0.480 e. The summed E-state index contributed by atoms with van der Waals surface area (Å²) < 4.78 is 0. The second-order valence-corrected chi connectivity index (χ2v) is 4.61. The molecule has 0 spiro atoms. The molecule has 0 saturated carbocycles. The van der Waals surface area contributed by atoms with Gasteiger partial charge < -0.3 is 15.3 Å². The van der Waals surface area contributed by atoms with E-state index in [0.717, 1.165) is 9.80 Å². The van der Waals surface area contributed by atoms with E-state index in [1.54, 1.807) is 13.8 Å². The molecule has 4 amide bonds. The number of hydrogen-bond acceptors (Lipinski definition) is 4. The molecule has 0 aliphatic carbocycles. The van der Waals surface area contributed by atoms with Crippen LogP contribution in [0.15, 0.2) is 0 Å². The topological polar surface area (TPSA) is 107 Å². The molecule has 1 fully saturated rings. The molecule has 8 heteroatoms. The Morgan fingerprint density at radius 1 is 1.47 bits per heavy atom. The molecule has 0 aromatic carbocycles. The Labute approximate surface area is 110 Å². The van der Waals surface area contributed by atoms with Crippen LogP contribution < -0.4 is 5.32 Å². The number of urea groups is 1. The van der Waals surface area contributed by atoms with Gasteiger partial charge in [0.2, 0.25) is 5.91 Å². The molecular formula is C11H17N3O5. The van der Waals surface area contributed by atoms with E-state index in [1.165, 1.54) is 7.05 Å². The van der Waals surface area contributed by atoms with Crippen molar-refractivity contribution >= 4 is 23.8 Å². The lowest BCUT2D eigenvalue weighted by molar-refractivity contribution is -0.138. The van der Waals surface area contributed by atoms with Gasteiger partial charge in [-0.25, -0.2) is 4.79 Å². The molecule has 1 unspecified atom stereocenters. The van der Waals surface area contributed by atoms with Crippen LogP contribution in [-0.2, 0) is 14.4 Å². The van der Waals surface area contributed by atoms with E-state index in [4.69, 9.17) is 5.11 Å². The Morgan fingerprint density at radius 3 is 2.42 bits per heavy atom. The van der Waals surface area contributed by atoms with Crippen molar-refractivity contribution in [3.8, 4) is 0 Å². The number of likely N-dealkylation sites (N-methyl/N-ethyl adjacent to an activating group) is 1. The fourth-order valence-corrected chi connectivity index (χ4v) is 1.73. The van der Waals surface area contributed by atoms with Gasteiger partial charge in [-0.1, -0.05) is 0 Å². The normalized spacial score (nSPS) is 18.9. The zero-order valence-corrected chi connectivity index (χ0v) is 11.0. The van der Waals surface area contributed by atoms with Crippen molar-refractivity contribution in [1.29, 1.82) is 0 Å². The highest BCUT2D eigenvalue weighted by Gasteiger charge is 2.38. The molecule has 1 aliphatic heterocycles. The van der Waals surface area contributed by atoms with E-state index in [1.807, 2.05) is 0 Å². The van der Waals surface area contributed by atoms with Gasteiger partial charge in [0.1, 0.15) is 12.6 Å². The van der Waals surface area contributed by atoms with Crippen LogP contribution >= 0.6 is 0 Å². The maximum absolute atomic E-state index is 11.9. The molecule has 1 saturated heterocycles. The molecule has 1 atom stereocenters. The average molecular weight is 271 g/mol. The summed E-state index contributed by atoms with van der Waals surface area (Å²) in [6.07, 6.45) is -0.0971. The number of carboxylic acid groups (broad SMARTS) is 1. The Kier molecular flexibility index (Phi) is 4.47. The number of rotatable bonds is 4. The van der Waals surface area contributed by atoms with Crippen molar-refractivity contribution in [2.45, 2.75) is 32.4 Å². The number of imide groups is 1. The van der Waals surface area contributed by atoms with E-state index in [2.05, 4.69) is 5.32 Å². The second-order valence-electron chi connectivity index (χ2n) is 4.61. The molecule has 106 valence electrons. The highest BCUT2D eigenvalue weighted by atomic mass is 16.4. The molecule has 2 N–H and O–H groups in total. The summed E-state index contributed by atoms with van der Waals surface area (Å²) in [7, 11) is 1.34. The van der Waals surface area contributed by atoms with Gasteiger partial charge in [0, 0.05) is 13.1 Å². The standard InChI is InChI=1S/C11H17N3O5/c1-6(2)14(5-9(16)17)11(19)12-7-4-8(15)13(3)10(7)18/h6-7H,4-5H2,1-3H3,(H,12,19)(H,16,17). The van der Waals surface area contributed by atoms with Crippen LogP contribution in [0.3, 0.4) is 0 Å². The Hall–Kier alpha value is -2.12. The maximum atomic E-state index is 11.9. The number of nitrogens with one attached hydrogen (secondary N) is 1. The first kappa shape index (κ1) is 14.9. The van der Waals surface area contributed by atoms with Gasteiger partial charge in [-0.3, -0.25) is 19.3 Å². The minimum atomic E-state index is -1.14. The summed E-state index contributed by atoms with van der Waals surface area (Å²) in [4.78, 5) is 47.5. The minimum absolute atomic E-state index is 0.0971. The van der Waals surface area contributed by atoms with Gasteiger partial charge in [0.25, 0.3) is 5.91 Å². The summed E-state index contributed by atoms with van der Waals surface area (Å²) >= 11 is 0. The van der Waals surface area contributed by atoms with Crippen LogP contribution in [0.2, 0.25) is 0 Å². The van der Waals surface area contributed by atoms with Crippen molar-refractivity contribution in [2.24, 2.45) is 0 Å². The number of hydrogen-bond donors (Lipinski definition) is 2. The van der Waals surface area contributed by atoms with Gasteiger partial charge in [-0.2, -0.15) is 0 Å². The maximum Gasteiger partial charge on any atom is 0.323 e. The first-order valence-corrected chi connectivity index (χ1v) is 5.83. The van der Waals surface area contributed by atoms with E-state index < -0.39 is 30.5 Å². The number of carbonyl (C=O) groups excluding carboxylic acids is 3. The van der Waals surface area contributed by atoms with Crippen LogP contribution in [-0.4, -0.2) is 64.4 Å². The van der Waals surface area contributed by atoms with Crippen molar-refractivity contribution < 1.29 is 24.3 Å². The van der Waals surface area contributed by atoms with Crippen molar-refractivity contribution in [3.05, 3.63) is 0 Å². The van der Waals surface area contributed by atoms with Crippen LogP contribution in [0.25, 0.3) is 0 Å². The predicted molar refractivity (Wildman–Crippen MR) is 64.2 cm³/mol. The average Bonchev–Trinajstić information content (AvgIpc) is 2.53. The Morgan fingerprint density at radius 2 is 2.05 bits per heavy atom. The molecular weight excluding hydrogens is 254 g/mol. The number of aliphatic carboxylic acids is 1. The summed E-state index contributed by atoms with van der Waals surface area (Å²) in [6, 6.07) is -1.92. The summed E-state index contributed by atoms with van der Waals surface area (Å²) in [5.41, 5.74) is 0. The van der Waals surface area contributed by atoms with Gasteiger partial charge in [0.15, 0.2) is 0 Å². The first-order valence-electron chi connectivity index (χ1n) is 5.83. The molecule has 19 heavy (non-hydrogen) atoms. The minimum Gasteiger partial charge on any atom is -0.480 e. The number of nitrogens with zero attached hydrogens (tertiary/aromatic N) is 2. The van der Waals surface area contributed by atoms with Crippen LogP contribution in [0.4, 0.5) is 4.79 Å². The monoisotopic (exact) mass is 271 g/mol. The Bertz CT molecular complexity index is 421. The molecule has 1 aliphatic rings. The lowest BCUT2D eigenvalue weighted by Gasteiger charge is -2.26. The molecule has 8 nitrogen and oxygen atoms in total. The number of likely N-dealkylation sites (tertiary alicyclic amines) is 1. The van der Waals surface area contributed by atoms with Crippen molar-refractivity contribution in [2.75, 3.05) is 13.6 Å². The van der Waals surface area contributed by atoms with Gasteiger partial charge in [-0.15, -0.1) is 0 Å². The SMILES string of the molecule is CC(C)N(CC(=O)O)C(=O)NC1CC(=O)N(C)C1=O. The first-order chi connectivity index (χ1) is 8.73. The number of carboxylic acids is 1. The number of amides is 4. The molecule has 0 bridgehead atoms. The smallest absolute Gasteiger partial charge is 0.323 e. The molecule has 1 rings (SSSR count). The Balaban J connectivity index is 2.70. The summed E-state index contributed by atoms with van der Waals surface area (Å²) in [5.74, 6) is -2.00. The highest BCUT2D eigenvalue weighted by molar-refractivity contribution is 6.06. The molecule has 0 aromatic heterocycles. The van der Waals surface area contributed by atoms with E-state index >= 15 is 0 Å². The lowest BCUT2D eigenvalue weighted by Crippen LogP contribution is -2.51. The van der Waals surface area contributed by atoms with Crippen LogP contribution in [0, 0.1) is 0 Å². The molecule has 1 heterocycles.